The van der Waals surface area contributed by atoms with Gasteiger partial charge in [0.1, 0.15) is 11.5 Å². The zero-order valence-electron chi connectivity index (χ0n) is 17.8. The van der Waals surface area contributed by atoms with Gasteiger partial charge in [-0.05, 0) is 72.5 Å². The van der Waals surface area contributed by atoms with Crippen LogP contribution in [0, 0.1) is 0 Å². The highest BCUT2D eigenvalue weighted by Gasteiger charge is 2.05. The Kier molecular flexibility index (Phi) is 11.0. The van der Waals surface area contributed by atoms with Crippen LogP contribution in [-0.2, 0) is 9.59 Å². The maximum Gasteiger partial charge on any atom is 0.387 e. The van der Waals surface area contributed by atoms with Crippen LogP contribution in [0.1, 0.15) is 36.8 Å². The van der Waals surface area contributed by atoms with Gasteiger partial charge in [0.2, 0.25) is 11.8 Å². The van der Waals surface area contributed by atoms with Crippen molar-refractivity contribution in [3.63, 3.8) is 0 Å². The van der Waals surface area contributed by atoms with Crippen molar-refractivity contribution in [2.75, 3.05) is 0 Å². The number of halogens is 4. The zero-order valence-corrected chi connectivity index (χ0v) is 17.8. The van der Waals surface area contributed by atoms with E-state index in [1.54, 1.807) is 0 Å². The lowest BCUT2D eigenvalue weighted by molar-refractivity contribution is -0.123. The summed E-state index contributed by atoms with van der Waals surface area (Å²) in [6.45, 7) is -5.81. The monoisotopic (exact) mass is 482 g/mol. The Bertz CT molecular complexity index is 888. The van der Waals surface area contributed by atoms with Crippen molar-refractivity contribution >= 4 is 24.2 Å². The summed E-state index contributed by atoms with van der Waals surface area (Å²) in [7, 11) is 0. The van der Waals surface area contributed by atoms with Gasteiger partial charge >= 0.3 is 13.2 Å². The molecule has 0 saturated heterocycles. The van der Waals surface area contributed by atoms with Crippen LogP contribution in [0.5, 0.6) is 11.5 Å². The number of ether oxygens (including phenoxy) is 2. The summed E-state index contributed by atoms with van der Waals surface area (Å²) in [5.41, 5.74) is 5.84. The van der Waals surface area contributed by atoms with E-state index in [1.165, 1.54) is 61.0 Å². The Balaban J connectivity index is 1.59. The summed E-state index contributed by atoms with van der Waals surface area (Å²) in [5, 5.41) is 7.56. The quantitative estimate of drug-likeness (QED) is 0.195. The second-order valence-corrected chi connectivity index (χ2v) is 6.69. The predicted octanol–water partition coefficient (Wildman–Crippen LogP) is 4.05. The van der Waals surface area contributed by atoms with Crippen LogP contribution in [-0.4, -0.2) is 37.5 Å². The molecule has 0 fully saturated rings. The molecular formula is C22H22F4N4O4. The van der Waals surface area contributed by atoms with Crippen LogP contribution >= 0.6 is 0 Å². The van der Waals surface area contributed by atoms with Crippen molar-refractivity contribution in [2.45, 2.75) is 38.9 Å². The number of hydrogen-bond acceptors (Lipinski definition) is 6. The van der Waals surface area contributed by atoms with Crippen LogP contribution in [0.3, 0.4) is 0 Å². The fraction of sp³-hybridized carbons (Fsp3) is 0.273. The van der Waals surface area contributed by atoms with Gasteiger partial charge in [-0.1, -0.05) is 0 Å². The van der Waals surface area contributed by atoms with Crippen LogP contribution in [0.2, 0.25) is 0 Å². The predicted molar refractivity (Wildman–Crippen MR) is 116 cm³/mol. The topological polar surface area (TPSA) is 101 Å². The maximum atomic E-state index is 12.1. The van der Waals surface area contributed by atoms with Gasteiger partial charge in [0, 0.05) is 12.8 Å². The van der Waals surface area contributed by atoms with E-state index in [4.69, 9.17) is 0 Å². The number of nitrogens with one attached hydrogen (secondary N) is 2. The van der Waals surface area contributed by atoms with Crippen LogP contribution in [0.15, 0.2) is 58.7 Å². The van der Waals surface area contributed by atoms with E-state index in [2.05, 4.69) is 30.5 Å². The molecule has 2 amide bonds. The molecule has 0 aliphatic heterocycles. The van der Waals surface area contributed by atoms with Gasteiger partial charge in [0.05, 0.1) is 12.4 Å². The van der Waals surface area contributed by atoms with Crippen molar-refractivity contribution in [2.24, 2.45) is 10.2 Å². The highest BCUT2D eigenvalue weighted by atomic mass is 19.3. The van der Waals surface area contributed by atoms with E-state index in [1.807, 2.05) is 0 Å². The second kappa shape index (κ2) is 14.2. The van der Waals surface area contributed by atoms with Gasteiger partial charge in [-0.25, -0.2) is 10.9 Å². The Morgan fingerprint density at radius 1 is 0.706 bits per heavy atom. The molecule has 0 bridgehead atoms. The minimum absolute atomic E-state index is 0.0160. The number of alkyl halides is 4. The third kappa shape index (κ3) is 11.1. The summed E-state index contributed by atoms with van der Waals surface area (Å²) in [6.07, 6.45) is 3.92. The molecule has 0 radical (unpaired) electrons. The fourth-order valence-corrected chi connectivity index (χ4v) is 2.51. The molecule has 0 spiro atoms. The van der Waals surface area contributed by atoms with Gasteiger partial charge in [-0.15, -0.1) is 0 Å². The summed E-state index contributed by atoms with van der Waals surface area (Å²) in [6, 6.07) is 11.4. The Morgan fingerprint density at radius 3 is 1.38 bits per heavy atom. The first-order chi connectivity index (χ1) is 16.3. The fourth-order valence-electron chi connectivity index (χ4n) is 2.51. The number of carbonyl (C=O) groups excluding carboxylic acids is 2. The van der Waals surface area contributed by atoms with Crippen LogP contribution in [0.4, 0.5) is 17.6 Å². The molecule has 0 aliphatic rings. The lowest BCUT2D eigenvalue weighted by atomic mass is 10.2. The summed E-state index contributed by atoms with van der Waals surface area (Å²) in [5.74, 6) is -0.650. The lowest BCUT2D eigenvalue weighted by Crippen LogP contribution is -2.19. The van der Waals surface area contributed by atoms with Crippen molar-refractivity contribution in [3.8, 4) is 11.5 Å². The summed E-state index contributed by atoms with van der Waals surface area (Å²) in [4.78, 5) is 23.5. The number of nitrogens with zero attached hydrogens (tertiary/aromatic N) is 2. The van der Waals surface area contributed by atoms with Gasteiger partial charge in [0.25, 0.3) is 0 Å². The first-order valence-corrected chi connectivity index (χ1v) is 10.1. The molecule has 0 aromatic heterocycles. The van der Waals surface area contributed by atoms with E-state index >= 15 is 0 Å². The number of amides is 2. The average molecular weight is 482 g/mol. The van der Waals surface area contributed by atoms with Gasteiger partial charge in [0.15, 0.2) is 0 Å². The highest BCUT2D eigenvalue weighted by Crippen LogP contribution is 2.15. The third-order valence-corrected chi connectivity index (χ3v) is 4.07. The number of carbonyl (C=O) groups is 2. The smallest absolute Gasteiger partial charge is 0.387 e. The number of hydrogen-bond donors (Lipinski definition) is 2. The number of unbranched alkanes of at least 4 members (excludes halogenated alkanes) is 1. The van der Waals surface area contributed by atoms with Gasteiger partial charge < -0.3 is 9.47 Å². The first-order valence-electron chi connectivity index (χ1n) is 10.1. The molecule has 2 N–H and O–H groups in total. The average Bonchev–Trinajstić information content (AvgIpc) is 2.78. The van der Waals surface area contributed by atoms with Crippen LogP contribution in [0.25, 0.3) is 0 Å². The largest absolute Gasteiger partial charge is 0.435 e. The summed E-state index contributed by atoms with van der Waals surface area (Å²) < 4.78 is 56.9. The molecule has 0 aliphatic carbocycles. The molecule has 2 aromatic carbocycles. The molecule has 182 valence electrons. The minimum Gasteiger partial charge on any atom is -0.435 e. The Labute approximate surface area is 192 Å². The Morgan fingerprint density at radius 2 is 1.06 bits per heavy atom. The van der Waals surface area contributed by atoms with E-state index in [0.29, 0.717) is 24.0 Å². The second-order valence-electron chi connectivity index (χ2n) is 6.69. The standard InChI is InChI=1S/C22H22F4N4O4/c23-21(24)33-17-9-5-15(6-10-17)13-27-29-19(31)3-1-2-4-20(32)30-28-14-16-7-11-18(12-8-16)34-22(25)26/h5-14,21-22H,1-4H2,(H,29,31)(H,30,32). The molecule has 2 aromatic rings. The molecule has 12 heteroatoms. The number of benzene rings is 2. The van der Waals surface area contributed by atoms with Crippen molar-refractivity contribution in [3.05, 3.63) is 59.7 Å². The van der Waals surface area contributed by atoms with Crippen molar-refractivity contribution in [1.29, 1.82) is 0 Å². The molecule has 0 heterocycles. The minimum atomic E-state index is -2.90. The first kappa shape index (κ1) is 26.3. The van der Waals surface area contributed by atoms with E-state index < -0.39 is 13.2 Å². The zero-order chi connectivity index (χ0) is 24.8. The molecule has 8 nitrogen and oxygen atoms in total. The molecule has 34 heavy (non-hydrogen) atoms. The third-order valence-electron chi connectivity index (χ3n) is 4.07. The van der Waals surface area contributed by atoms with Crippen molar-refractivity contribution < 1.29 is 36.6 Å². The molecule has 0 atom stereocenters. The van der Waals surface area contributed by atoms with E-state index in [0.717, 1.165) is 0 Å². The van der Waals surface area contributed by atoms with Gasteiger partial charge in [-0.2, -0.15) is 27.8 Å². The SMILES string of the molecule is O=C(CCCCC(=O)NN=Cc1ccc(OC(F)F)cc1)NN=Cc1ccc(OC(F)F)cc1. The van der Waals surface area contributed by atoms with Crippen LogP contribution < -0.4 is 20.3 Å². The molecule has 0 unspecified atom stereocenters. The normalized spacial score (nSPS) is 11.4. The molecular weight excluding hydrogens is 460 g/mol. The molecule has 0 saturated carbocycles. The van der Waals surface area contributed by atoms with Gasteiger partial charge in [-0.3, -0.25) is 9.59 Å². The highest BCUT2D eigenvalue weighted by molar-refractivity contribution is 5.83. The Hall–Kier alpha value is -3.96. The van der Waals surface area contributed by atoms with E-state index in [9.17, 15) is 27.2 Å². The summed E-state index contributed by atoms with van der Waals surface area (Å²) >= 11 is 0. The van der Waals surface area contributed by atoms with E-state index in [-0.39, 0.29) is 36.2 Å². The molecule has 2 rings (SSSR count). The maximum absolute atomic E-state index is 12.1. The lowest BCUT2D eigenvalue weighted by Gasteiger charge is -2.04. The number of rotatable bonds is 13. The number of hydrazone groups is 2. The van der Waals surface area contributed by atoms with Crippen molar-refractivity contribution in [1.82, 2.24) is 10.9 Å².